The summed E-state index contributed by atoms with van der Waals surface area (Å²) in [6.45, 7) is 2.11. The van der Waals surface area contributed by atoms with Gasteiger partial charge in [-0.3, -0.25) is 9.59 Å². The van der Waals surface area contributed by atoms with E-state index in [0.29, 0.717) is 30.6 Å². The third-order valence-corrected chi connectivity index (χ3v) is 13.0. The van der Waals surface area contributed by atoms with Crippen LogP contribution in [-0.2, 0) is 19.0 Å². The highest BCUT2D eigenvalue weighted by Gasteiger charge is 2.90. The van der Waals surface area contributed by atoms with Crippen LogP contribution in [0.3, 0.4) is 0 Å². The van der Waals surface area contributed by atoms with Gasteiger partial charge in [-0.05, 0) is 56.2 Å². The molecule has 0 radical (unpaired) electrons. The number of aliphatic hydroxyl groups is 3. The standard InChI is InChI=1S/C32H44N2O8/c1-17(35)33-20-9-7-6-8-18(20)21(36)13-28-11-10-24(40-3)31-22(28)12-19(26(31)34(2)16-28)30(38)15-25(41-4)29(37)14-23(31)32(30,39)27(29)42-5/h6-9,19,22-27,37-39H,10-16H2,1-5H3,(H,33,35)/t19?,22-,23+,24?,25?,26-,27?,28?,29+,30+,31+,32+/m1/s1. The third-order valence-electron chi connectivity index (χ3n) is 13.0. The van der Waals surface area contributed by atoms with Crippen molar-refractivity contribution in [1.82, 2.24) is 4.90 Å². The quantitative estimate of drug-likeness (QED) is 0.352. The van der Waals surface area contributed by atoms with E-state index in [9.17, 15) is 24.9 Å². The number of ether oxygens (including phenoxy) is 3. The molecule has 5 saturated carbocycles. The lowest BCUT2D eigenvalue weighted by atomic mass is 9.41. The monoisotopic (exact) mass is 584 g/mol. The molecule has 4 N–H and O–H groups in total. The van der Waals surface area contributed by atoms with Crippen LogP contribution in [0.5, 0.6) is 0 Å². The second-order valence-corrected chi connectivity index (χ2v) is 14.2. The molecule has 6 aliphatic rings. The molecule has 0 aromatic heterocycles. The van der Waals surface area contributed by atoms with Crippen molar-refractivity contribution in [2.45, 2.75) is 86.6 Å². The number of fused-ring (bicyclic) bond motifs is 2. The van der Waals surface area contributed by atoms with Crippen LogP contribution in [0.25, 0.3) is 0 Å². The minimum atomic E-state index is -1.71. The first-order chi connectivity index (χ1) is 19.9. The first-order valence-corrected chi connectivity index (χ1v) is 15.2. The topological polar surface area (TPSA) is 138 Å². The minimum Gasteiger partial charge on any atom is -0.386 e. The largest absolute Gasteiger partial charge is 0.386 e. The number of para-hydroxylation sites is 1. The Hall–Kier alpha value is -1.92. The van der Waals surface area contributed by atoms with E-state index in [2.05, 4.69) is 17.3 Å². The molecule has 6 fully saturated rings. The number of benzene rings is 1. The molecular weight excluding hydrogens is 540 g/mol. The number of hydrogen-bond donors (Lipinski definition) is 4. The maximum absolute atomic E-state index is 14.2. The Morgan fingerprint density at radius 2 is 1.74 bits per heavy atom. The molecule has 7 rings (SSSR count). The first kappa shape index (κ1) is 28.8. The van der Waals surface area contributed by atoms with Gasteiger partial charge in [0, 0.05) is 76.5 Å². The highest BCUT2D eigenvalue weighted by atomic mass is 16.5. The molecule has 1 saturated heterocycles. The summed E-state index contributed by atoms with van der Waals surface area (Å²) in [7, 11) is 6.82. The summed E-state index contributed by atoms with van der Waals surface area (Å²) in [5, 5.41) is 40.6. The molecule has 1 aliphatic heterocycles. The lowest BCUT2D eigenvalue weighted by molar-refractivity contribution is -0.343. The van der Waals surface area contributed by atoms with Crippen LogP contribution in [0.4, 0.5) is 5.69 Å². The molecule has 5 aliphatic carbocycles. The number of rotatable bonds is 7. The van der Waals surface area contributed by atoms with E-state index < -0.39 is 45.8 Å². The normalized spacial score (nSPS) is 50.0. The molecule has 10 nitrogen and oxygen atoms in total. The number of Topliss-reactive ketones (excluding diaryl/α,β-unsaturated/α-hetero) is 1. The van der Waals surface area contributed by atoms with E-state index in [1.165, 1.54) is 14.0 Å². The van der Waals surface area contributed by atoms with Crippen LogP contribution in [0.2, 0.25) is 0 Å². The number of carbonyl (C=O) groups is 2. The van der Waals surface area contributed by atoms with Gasteiger partial charge in [-0.2, -0.15) is 0 Å². The van der Waals surface area contributed by atoms with Gasteiger partial charge in [-0.15, -0.1) is 0 Å². The van der Waals surface area contributed by atoms with E-state index in [4.69, 9.17) is 14.2 Å². The number of anilines is 1. The fourth-order valence-electron chi connectivity index (χ4n) is 12.1. The van der Waals surface area contributed by atoms with Crippen molar-refractivity contribution in [2.75, 3.05) is 40.2 Å². The predicted octanol–water partition coefficient (Wildman–Crippen LogP) is 1.61. The fourth-order valence-corrected chi connectivity index (χ4v) is 12.1. The lowest BCUT2D eigenvalue weighted by Crippen LogP contribution is -2.83. The van der Waals surface area contributed by atoms with Crippen molar-refractivity contribution in [3.8, 4) is 0 Å². The van der Waals surface area contributed by atoms with Crippen LogP contribution in [0.15, 0.2) is 24.3 Å². The van der Waals surface area contributed by atoms with Gasteiger partial charge < -0.3 is 39.7 Å². The molecule has 42 heavy (non-hydrogen) atoms. The van der Waals surface area contributed by atoms with E-state index in [-0.39, 0.29) is 54.9 Å². The average Bonchev–Trinajstić information content (AvgIpc) is 3.35. The molecule has 1 aromatic carbocycles. The fraction of sp³-hybridized carbons (Fsp3) is 0.750. The third kappa shape index (κ3) is 3.09. The zero-order chi connectivity index (χ0) is 30.0. The highest BCUT2D eigenvalue weighted by Crippen LogP contribution is 2.81. The molecule has 1 aromatic rings. The van der Waals surface area contributed by atoms with Crippen LogP contribution < -0.4 is 5.32 Å². The zero-order valence-corrected chi connectivity index (χ0v) is 25.1. The van der Waals surface area contributed by atoms with Crippen LogP contribution in [-0.4, -0.2) is 108 Å². The van der Waals surface area contributed by atoms with Crippen molar-refractivity contribution in [3.05, 3.63) is 29.8 Å². The van der Waals surface area contributed by atoms with E-state index in [1.807, 2.05) is 6.07 Å². The van der Waals surface area contributed by atoms with Crippen LogP contribution in [0, 0.1) is 28.6 Å². The van der Waals surface area contributed by atoms with Gasteiger partial charge in [0.05, 0.1) is 17.9 Å². The maximum Gasteiger partial charge on any atom is 0.221 e. The van der Waals surface area contributed by atoms with Crippen LogP contribution in [0.1, 0.15) is 55.8 Å². The molecule has 1 spiro atoms. The van der Waals surface area contributed by atoms with Crippen molar-refractivity contribution in [1.29, 1.82) is 0 Å². The molecule has 10 heteroatoms. The average molecular weight is 585 g/mol. The number of methoxy groups -OCH3 is 3. The number of nitrogens with one attached hydrogen (secondary N) is 1. The highest BCUT2D eigenvalue weighted by molar-refractivity contribution is 6.04. The van der Waals surface area contributed by atoms with Crippen molar-refractivity contribution >= 4 is 17.4 Å². The van der Waals surface area contributed by atoms with E-state index >= 15 is 0 Å². The van der Waals surface area contributed by atoms with Gasteiger partial charge in [0.15, 0.2) is 5.78 Å². The SMILES string of the molecule is COC1C[C@]2(O)C3C[C@@H]4C5(CC(=O)c6ccccc6NC(C)=O)CCC(OC)[C@@]4([C@@H]3N(C)C5)[C@@H]3C[C@@]1(O)C(OC)[C@@]32O. The molecule has 1 amide bonds. The van der Waals surface area contributed by atoms with Crippen molar-refractivity contribution in [2.24, 2.45) is 28.6 Å². The molecule has 1 heterocycles. The second-order valence-electron chi connectivity index (χ2n) is 14.2. The summed E-state index contributed by atoms with van der Waals surface area (Å²) in [6, 6.07) is 7.04. The molecule has 230 valence electrons. The second kappa shape index (κ2) is 9.06. The lowest BCUT2D eigenvalue weighted by Gasteiger charge is -2.71. The Kier molecular flexibility index (Phi) is 6.22. The smallest absolute Gasteiger partial charge is 0.221 e. The summed E-state index contributed by atoms with van der Waals surface area (Å²) in [4.78, 5) is 28.4. The van der Waals surface area contributed by atoms with Gasteiger partial charge >= 0.3 is 0 Å². The molecule has 7 bridgehead atoms. The van der Waals surface area contributed by atoms with Crippen LogP contribution >= 0.6 is 0 Å². The number of carbonyl (C=O) groups excluding carboxylic acids is 2. The van der Waals surface area contributed by atoms with Crippen molar-refractivity contribution < 1.29 is 39.1 Å². The number of amides is 1. The summed E-state index contributed by atoms with van der Waals surface area (Å²) >= 11 is 0. The van der Waals surface area contributed by atoms with E-state index in [1.54, 1.807) is 32.4 Å². The first-order valence-electron chi connectivity index (χ1n) is 15.2. The number of likely N-dealkylation sites (tertiary alicyclic amines) is 1. The summed E-state index contributed by atoms with van der Waals surface area (Å²) in [6.07, 6.45) is 0.758. The number of piperidine rings is 1. The number of nitrogens with zero attached hydrogens (tertiary/aromatic N) is 1. The van der Waals surface area contributed by atoms with Gasteiger partial charge in [0.2, 0.25) is 5.91 Å². The van der Waals surface area contributed by atoms with Crippen molar-refractivity contribution in [3.63, 3.8) is 0 Å². The molecular formula is C32H44N2O8. The molecule has 5 unspecified atom stereocenters. The minimum absolute atomic E-state index is 0.0312. The van der Waals surface area contributed by atoms with Gasteiger partial charge in [0.25, 0.3) is 0 Å². The van der Waals surface area contributed by atoms with Gasteiger partial charge in [0.1, 0.15) is 22.9 Å². The number of hydrogen-bond acceptors (Lipinski definition) is 9. The Morgan fingerprint density at radius 1 is 1.02 bits per heavy atom. The van der Waals surface area contributed by atoms with E-state index in [0.717, 1.165) is 6.42 Å². The maximum atomic E-state index is 14.2. The summed E-state index contributed by atoms with van der Waals surface area (Å²) < 4.78 is 18.0. The molecule has 12 atom stereocenters. The Morgan fingerprint density at radius 3 is 2.40 bits per heavy atom. The van der Waals surface area contributed by atoms with Gasteiger partial charge in [-0.25, -0.2) is 0 Å². The Labute approximate surface area is 246 Å². The summed E-state index contributed by atoms with van der Waals surface area (Å²) in [5.74, 6) is -1.16. The van der Waals surface area contributed by atoms with Gasteiger partial charge in [-0.1, -0.05) is 12.1 Å². The Balaban J connectivity index is 1.38. The zero-order valence-electron chi connectivity index (χ0n) is 25.1. The Bertz CT molecular complexity index is 1320. The summed E-state index contributed by atoms with van der Waals surface area (Å²) in [5.41, 5.74) is -4.81. The predicted molar refractivity (Wildman–Crippen MR) is 152 cm³/mol. The number of ketones is 1.